The van der Waals surface area contributed by atoms with E-state index in [1.165, 1.54) is 6.08 Å². The Hall–Kier alpha value is -3.31. The summed E-state index contributed by atoms with van der Waals surface area (Å²) in [5, 5.41) is 17.1. The van der Waals surface area contributed by atoms with Gasteiger partial charge >= 0.3 is 5.97 Å². The van der Waals surface area contributed by atoms with Crippen LogP contribution in [-0.4, -0.2) is 33.7 Å². The molecule has 0 radical (unpaired) electrons. The molecular formula is C19H14N2O5S. The van der Waals surface area contributed by atoms with Gasteiger partial charge in [0, 0.05) is 24.6 Å². The van der Waals surface area contributed by atoms with Crippen molar-refractivity contribution in [1.82, 2.24) is 4.90 Å². The highest BCUT2D eigenvalue weighted by Gasteiger charge is 2.34. The van der Waals surface area contributed by atoms with Crippen LogP contribution in [0.15, 0.2) is 45.7 Å². The summed E-state index contributed by atoms with van der Waals surface area (Å²) in [6.07, 6.45) is 1.60. The molecule has 0 atom stereocenters. The number of thioether (sulfide) groups is 1. The third-order valence-electron chi connectivity index (χ3n) is 3.84. The number of amides is 2. The summed E-state index contributed by atoms with van der Waals surface area (Å²) in [4.78, 5) is 36.2. The highest BCUT2D eigenvalue weighted by Crippen LogP contribution is 2.33. The lowest BCUT2D eigenvalue weighted by Gasteiger charge is -2.10. The number of nitrogens with zero attached hydrogens (tertiary/aromatic N) is 2. The van der Waals surface area contributed by atoms with Crippen molar-refractivity contribution in [3.8, 4) is 17.4 Å². The lowest BCUT2D eigenvalue weighted by molar-refractivity contribution is -0.137. The van der Waals surface area contributed by atoms with Crippen molar-refractivity contribution >= 4 is 35.0 Å². The fraction of sp³-hybridized carbons (Fsp3) is 0.158. The maximum absolute atomic E-state index is 12.3. The average Bonchev–Trinajstić information content (AvgIpc) is 3.22. The first-order valence-electron chi connectivity index (χ1n) is 8.05. The van der Waals surface area contributed by atoms with Gasteiger partial charge < -0.3 is 9.52 Å². The van der Waals surface area contributed by atoms with Crippen molar-refractivity contribution in [2.24, 2.45) is 0 Å². The number of furan rings is 1. The zero-order valence-corrected chi connectivity index (χ0v) is 14.9. The molecule has 2 amide bonds. The lowest BCUT2D eigenvalue weighted by atomic mass is 10.1. The molecule has 1 aromatic heterocycles. The fourth-order valence-electron chi connectivity index (χ4n) is 2.50. The van der Waals surface area contributed by atoms with Gasteiger partial charge in [0.1, 0.15) is 11.5 Å². The number of carboxylic acid groups (broad SMARTS) is 1. The predicted octanol–water partition coefficient (Wildman–Crippen LogP) is 3.72. The molecule has 1 aromatic carbocycles. The van der Waals surface area contributed by atoms with Crippen LogP contribution in [0.3, 0.4) is 0 Å². The second-order valence-corrected chi connectivity index (χ2v) is 6.72. The minimum atomic E-state index is -0.969. The molecule has 0 saturated carbocycles. The van der Waals surface area contributed by atoms with Gasteiger partial charge in [-0.15, -0.1) is 0 Å². The number of nitriles is 1. The second-order valence-electron chi connectivity index (χ2n) is 5.72. The normalized spacial score (nSPS) is 15.4. The number of aliphatic carboxylic acids is 1. The quantitative estimate of drug-likeness (QED) is 0.758. The van der Waals surface area contributed by atoms with E-state index < -0.39 is 17.1 Å². The van der Waals surface area contributed by atoms with Crippen LogP contribution in [0.2, 0.25) is 0 Å². The molecule has 1 aliphatic rings. The number of hydrogen-bond donors (Lipinski definition) is 1. The Morgan fingerprint density at radius 3 is 2.63 bits per heavy atom. The molecule has 2 heterocycles. The van der Waals surface area contributed by atoms with E-state index in [1.807, 2.05) is 6.07 Å². The summed E-state index contributed by atoms with van der Waals surface area (Å²) in [5.41, 5.74) is 1.33. The van der Waals surface area contributed by atoms with Crippen molar-refractivity contribution in [2.45, 2.75) is 12.8 Å². The molecule has 1 fully saturated rings. The van der Waals surface area contributed by atoms with E-state index in [2.05, 4.69) is 0 Å². The first kappa shape index (κ1) is 18.5. The fourth-order valence-corrected chi connectivity index (χ4v) is 3.35. The molecule has 0 spiro atoms. The van der Waals surface area contributed by atoms with E-state index in [4.69, 9.17) is 14.8 Å². The van der Waals surface area contributed by atoms with E-state index in [9.17, 15) is 14.4 Å². The summed E-state index contributed by atoms with van der Waals surface area (Å²) in [6.45, 7) is 0.0724. The van der Waals surface area contributed by atoms with Crippen LogP contribution in [0.5, 0.6) is 0 Å². The Morgan fingerprint density at radius 2 is 1.96 bits per heavy atom. The molecule has 1 saturated heterocycles. The van der Waals surface area contributed by atoms with Gasteiger partial charge in [0.2, 0.25) is 0 Å². The van der Waals surface area contributed by atoms with Gasteiger partial charge in [-0.05, 0) is 54.6 Å². The van der Waals surface area contributed by atoms with Crippen LogP contribution in [0, 0.1) is 11.3 Å². The van der Waals surface area contributed by atoms with E-state index >= 15 is 0 Å². The largest absolute Gasteiger partial charge is 0.481 e. The van der Waals surface area contributed by atoms with Crippen molar-refractivity contribution in [3.63, 3.8) is 0 Å². The number of hydrogen-bond acceptors (Lipinski definition) is 6. The smallest absolute Gasteiger partial charge is 0.303 e. The molecule has 7 nitrogen and oxygen atoms in total. The SMILES string of the molecule is N#Cc1ccc(-c2ccc(/C=C3\SC(=O)N(CCCC(=O)O)C3=O)o2)cc1. The second kappa shape index (κ2) is 7.93. The van der Waals surface area contributed by atoms with Gasteiger partial charge in [0.25, 0.3) is 11.1 Å². The number of benzene rings is 1. The van der Waals surface area contributed by atoms with Crippen molar-refractivity contribution in [3.05, 3.63) is 52.6 Å². The molecular weight excluding hydrogens is 368 g/mol. The van der Waals surface area contributed by atoms with Crippen LogP contribution in [0.1, 0.15) is 24.2 Å². The maximum atomic E-state index is 12.3. The van der Waals surface area contributed by atoms with Crippen LogP contribution in [0.25, 0.3) is 17.4 Å². The summed E-state index contributed by atoms with van der Waals surface area (Å²) < 4.78 is 5.70. The number of carboxylic acids is 1. The number of carbonyl (C=O) groups excluding carboxylic acids is 2. The minimum Gasteiger partial charge on any atom is -0.481 e. The van der Waals surface area contributed by atoms with E-state index in [-0.39, 0.29) is 24.3 Å². The molecule has 0 bridgehead atoms. The van der Waals surface area contributed by atoms with Crippen molar-refractivity contribution in [2.75, 3.05) is 6.54 Å². The summed E-state index contributed by atoms with van der Waals surface area (Å²) in [6, 6.07) is 12.4. The number of imide groups is 1. The van der Waals surface area contributed by atoms with E-state index in [1.54, 1.807) is 36.4 Å². The van der Waals surface area contributed by atoms with Gasteiger partial charge in [0.15, 0.2) is 0 Å². The van der Waals surface area contributed by atoms with Gasteiger partial charge in [-0.3, -0.25) is 19.3 Å². The maximum Gasteiger partial charge on any atom is 0.303 e. The summed E-state index contributed by atoms with van der Waals surface area (Å²) in [7, 11) is 0. The molecule has 8 heteroatoms. The first-order chi connectivity index (χ1) is 13.0. The first-order valence-corrected chi connectivity index (χ1v) is 8.87. The van der Waals surface area contributed by atoms with Gasteiger partial charge in [-0.25, -0.2) is 0 Å². The topological polar surface area (TPSA) is 112 Å². The monoisotopic (exact) mass is 382 g/mol. The van der Waals surface area contributed by atoms with E-state index in [0.717, 1.165) is 22.2 Å². The Labute approximate surface area is 158 Å². The molecule has 0 aliphatic carbocycles. The molecule has 1 aliphatic heterocycles. The molecule has 27 heavy (non-hydrogen) atoms. The standard InChI is InChI=1S/C19H14N2O5S/c20-11-12-3-5-13(6-4-12)15-8-7-14(26-15)10-16-18(24)21(19(25)27-16)9-1-2-17(22)23/h3-8,10H,1-2,9H2,(H,22,23)/b16-10-. The van der Waals surface area contributed by atoms with E-state index in [0.29, 0.717) is 17.1 Å². The van der Waals surface area contributed by atoms with Gasteiger partial charge in [-0.1, -0.05) is 0 Å². The number of rotatable bonds is 6. The zero-order valence-electron chi connectivity index (χ0n) is 14.0. The Kier molecular flexibility index (Phi) is 5.43. The van der Waals surface area contributed by atoms with Crippen molar-refractivity contribution in [1.29, 1.82) is 5.26 Å². The Morgan fingerprint density at radius 1 is 1.22 bits per heavy atom. The predicted molar refractivity (Wildman–Crippen MR) is 98.4 cm³/mol. The summed E-state index contributed by atoms with van der Waals surface area (Å²) in [5.74, 6) is -0.424. The lowest BCUT2D eigenvalue weighted by Crippen LogP contribution is -2.29. The van der Waals surface area contributed by atoms with Gasteiger partial charge in [-0.2, -0.15) is 5.26 Å². The third kappa shape index (κ3) is 4.27. The number of carbonyl (C=O) groups is 3. The van der Waals surface area contributed by atoms with Crippen molar-refractivity contribution < 1.29 is 23.9 Å². The Balaban J connectivity index is 1.72. The molecule has 3 rings (SSSR count). The minimum absolute atomic E-state index is 0.0724. The third-order valence-corrected chi connectivity index (χ3v) is 4.75. The molecule has 0 unspecified atom stereocenters. The highest BCUT2D eigenvalue weighted by atomic mass is 32.2. The zero-order chi connectivity index (χ0) is 19.4. The van der Waals surface area contributed by atoms with Crippen LogP contribution < -0.4 is 0 Å². The van der Waals surface area contributed by atoms with Gasteiger partial charge in [0.05, 0.1) is 16.5 Å². The summed E-state index contributed by atoms with van der Waals surface area (Å²) >= 11 is 0.801. The average molecular weight is 382 g/mol. The van der Waals surface area contributed by atoms with Crippen LogP contribution in [-0.2, 0) is 9.59 Å². The Bertz CT molecular complexity index is 969. The molecule has 1 N–H and O–H groups in total. The molecule has 2 aromatic rings. The van der Waals surface area contributed by atoms with Crippen LogP contribution in [0.4, 0.5) is 4.79 Å². The van der Waals surface area contributed by atoms with Crippen LogP contribution >= 0.6 is 11.8 Å². The highest BCUT2D eigenvalue weighted by molar-refractivity contribution is 8.18. The molecule has 136 valence electrons.